The first kappa shape index (κ1) is 29.0. The van der Waals surface area contributed by atoms with Crippen LogP contribution in [0.5, 0.6) is 0 Å². The van der Waals surface area contributed by atoms with E-state index in [9.17, 15) is 19.5 Å². The summed E-state index contributed by atoms with van der Waals surface area (Å²) in [5.41, 5.74) is -0.182. The van der Waals surface area contributed by atoms with Gasteiger partial charge in [-0.25, -0.2) is 0 Å². The number of benzene rings is 1. The highest BCUT2D eigenvalue weighted by atomic mass is 16.6. The summed E-state index contributed by atoms with van der Waals surface area (Å²) in [7, 11) is 0. The van der Waals surface area contributed by atoms with Crippen LogP contribution in [0, 0.1) is 17.8 Å². The first-order valence-corrected chi connectivity index (χ1v) is 14.1. The number of fused-ring (bicyclic) bond motifs is 1. The number of carbonyl (C=O) groups excluding carboxylic acids is 3. The lowest BCUT2D eigenvalue weighted by Gasteiger charge is -2.40. The average Bonchev–Trinajstić information content (AvgIpc) is 3.56. The summed E-state index contributed by atoms with van der Waals surface area (Å²) in [6.07, 6.45) is 6.52. The molecule has 0 radical (unpaired) electrons. The van der Waals surface area contributed by atoms with E-state index in [2.05, 4.69) is 13.2 Å². The second-order valence-corrected chi connectivity index (χ2v) is 11.2. The summed E-state index contributed by atoms with van der Waals surface area (Å²) in [5.74, 6) is -2.70. The minimum Gasteiger partial charge on any atom is -0.465 e. The number of ether oxygens (including phenoxy) is 2. The number of hydrogen-bond donors (Lipinski definition) is 1. The van der Waals surface area contributed by atoms with Crippen LogP contribution in [0.2, 0.25) is 0 Å². The number of allylic oxidation sites excluding steroid dienone is 1. The third kappa shape index (κ3) is 5.41. The quantitative estimate of drug-likeness (QED) is 0.221. The number of hydrogen-bond acceptors (Lipinski definition) is 6. The Morgan fingerprint density at radius 3 is 2.62 bits per heavy atom. The van der Waals surface area contributed by atoms with Crippen molar-refractivity contribution in [2.75, 3.05) is 19.8 Å². The number of aliphatic hydroxyl groups excluding tert-OH is 1. The standard InChI is InChI=1S/C31H42N2O6/c1-5-7-8-12-18-38-30(37)25-24-15-16-31(39-24)26(25)28(35)33(23(20-34)21(3)4)27(31)29(36)32(17-6-2)19-22-13-10-9-11-14-22/h5-6,9-11,13-14,21,23-27,34H,1-2,7-8,12,15-20H2,3-4H3/t23-,24+,25-,26-,27?,31?/m0/s1. The number of unbranched alkanes of at least 4 members (excludes halogenated alkanes) is 2. The van der Waals surface area contributed by atoms with E-state index in [1.165, 1.54) is 4.90 Å². The van der Waals surface area contributed by atoms with Crippen LogP contribution in [0.25, 0.3) is 0 Å². The van der Waals surface area contributed by atoms with Gasteiger partial charge in [0.05, 0.1) is 37.2 Å². The fourth-order valence-electron chi connectivity index (χ4n) is 6.64. The third-order valence-corrected chi connectivity index (χ3v) is 8.48. The van der Waals surface area contributed by atoms with Gasteiger partial charge >= 0.3 is 5.97 Å². The lowest BCUT2D eigenvalue weighted by Crippen LogP contribution is -2.59. The van der Waals surface area contributed by atoms with Crippen molar-refractivity contribution in [3.05, 3.63) is 61.2 Å². The molecule has 3 aliphatic rings. The van der Waals surface area contributed by atoms with Crippen LogP contribution in [0.1, 0.15) is 51.5 Å². The smallest absolute Gasteiger partial charge is 0.312 e. The highest BCUT2D eigenvalue weighted by Gasteiger charge is 2.75. The van der Waals surface area contributed by atoms with E-state index in [-0.39, 0.29) is 37.5 Å². The topological polar surface area (TPSA) is 96.4 Å². The molecule has 3 heterocycles. The molecule has 4 rings (SSSR count). The Hall–Kier alpha value is -2.97. The first-order chi connectivity index (χ1) is 18.8. The molecule has 1 N–H and O–H groups in total. The van der Waals surface area contributed by atoms with Gasteiger partial charge in [0.2, 0.25) is 11.8 Å². The molecule has 2 bridgehead atoms. The summed E-state index contributed by atoms with van der Waals surface area (Å²) in [6.45, 7) is 12.0. The summed E-state index contributed by atoms with van der Waals surface area (Å²) < 4.78 is 12.1. The van der Waals surface area contributed by atoms with Gasteiger partial charge in [0.1, 0.15) is 11.6 Å². The Balaban J connectivity index is 1.67. The lowest BCUT2D eigenvalue weighted by molar-refractivity contribution is -0.157. The second kappa shape index (κ2) is 12.5. The monoisotopic (exact) mass is 538 g/mol. The Morgan fingerprint density at radius 1 is 1.23 bits per heavy atom. The molecule has 3 fully saturated rings. The Morgan fingerprint density at radius 2 is 1.97 bits per heavy atom. The van der Waals surface area contributed by atoms with Crippen molar-refractivity contribution >= 4 is 17.8 Å². The SMILES string of the molecule is C=CCCCCOC(=O)[C@@H]1[C@H]2C(=O)N([C@@H](CO)C(C)C)C(C(=O)N(CC=C)Cc3ccccc3)C23CC[C@H]1O3. The van der Waals surface area contributed by atoms with Crippen molar-refractivity contribution in [1.29, 1.82) is 0 Å². The zero-order chi connectivity index (χ0) is 28.2. The van der Waals surface area contributed by atoms with Gasteiger partial charge in [-0.05, 0) is 43.6 Å². The Kier molecular flexibility index (Phi) is 9.28. The van der Waals surface area contributed by atoms with Gasteiger partial charge in [-0.1, -0.05) is 56.3 Å². The molecule has 39 heavy (non-hydrogen) atoms. The van der Waals surface area contributed by atoms with Crippen molar-refractivity contribution < 1.29 is 29.0 Å². The molecule has 2 amide bonds. The predicted octanol–water partition coefficient (Wildman–Crippen LogP) is 3.49. The maximum atomic E-state index is 14.4. The van der Waals surface area contributed by atoms with Gasteiger partial charge in [0.15, 0.2) is 0 Å². The number of rotatable bonds is 14. The van der Waals surface area contributed by atoms with Crippen LogP contribution in [-0.2, 0) is 30.4 Å². The molecule has 0 aromatic heterocycles. The molecule has 8 heteroatoms. The van der Waals surface area contributed by atoms with Crippen molar-refractivity contribution in [3.8, 4) is 0 Å². The molecule has 0 aliphatic carbocycles. The van der Waals surface area contributed by atoms with Crippen LogP contribution in [0.4, 0.5) is 0 Å². The maximum absolute atomic E-state index is 14.4. The largest absolute Gasteiger partial charge is 0.465 e. The predicted molar refractivity (Wildman–Crippen MR) is 147 cm³/mol. The molecule has 8 nitrogen and oxygen atoms in total. The van der Waals surface area contributed by atoms with Gasteiger partial charge in [0.25, 0.3) is 0 Å². The number of nitrogens with zero attached hydrogens (tertiary/aromatic N) is 2. The molecular formula is C31H42N2O6. The van der Waals surface area contributed by atoms with Gasteiger partial charge in [-0.3, -0.25) is 14.4 Å². The second-order valence-electron chi connectivity index (χ2n) is 11.2. The van der Waals surface area contributed by atoms with Crippen molar-refractivity contribution in [2.24, 2.45) is 17.8 Å². The van der Waals surface area contributed by atoms with E-state index >= 15 is 0 Å². The lowest BCUT2D eigenvalue weighted by atomic mass is 9.70. The van der Waals surface area contributed by atoms with Crippen molar-refractivity contribution in [1.82, 2.24) is 9.80 Å². The third-order valence-electron chi connectivity index (χ3n) is 8.48. The average molecular weight is 539 g/mol. The number of likely N-dealkylation sites (tertiary alicyclic amines) is 1. The molecule has 3 aliphatic heterocycles. The van der Waals surface area contributed by atoms with E-state index in [1.807, 2.05) is 50.3 Å². The molecule has 212 valence electrons. The Labute approximate surface area is 231 Å². The number of carbonyl (C=O) groups is 3. The van der Waals surface area contributed by atoms with E-state index in [0.29, 0.717) is 25.8 Å². The van der Waals surface area contributed by atoms with E-state index in [0.717, 1.165) is 18.4 Å². The molecular weight excluding hydrogens is 496 g/mol. The van der Waals surface area contributed by atoms with Crippen LogP contribution in [0.3, 0.4) is 0 Å². The number of aliphatic hydroxyl groups is 1. The molecule has 2 unspecified atom stereocenters. The normalized spacial score (nSPS) is 27.9. The van der Waals surface area contributed by atoms with E-state index < -0.39 is 41.6 Å². The summed E-state index contributed by atoms with van der Waals surface area (Å²) >= 11 is 0. The van der Waals surface area contributed by atoms with Crippen molar-refractivity contribution in [3.63, 3.8) is 0 Å². The van der Waals surface area contributed by atoms with Crippen LogP contribution >= 0.6 is 0 Å². The van der Waals surface area contributed by atoms with Gasteiger partial charge < -0.3 is 24.4 Å². The molecule has 1 aromatic rings. The highest BCUT2D eigenvalue weighted by molar-refractivity contribution is 5.98. The minimum atomic E-state index is -1.14. The summed E-state index contributed by atoms with van der Waals surface area (Å²) in [6, 6.07) is 8.11. The molecule has 3 saturated heterocycles. The van der Waals surface area contributed by atoms with Gasteiger partial charge in [-0.15, -0.1) is 13.2 Å². The highest BCUT2D eigenvalue weighted by Crippen LogP contribution is 2.59. The van der Waals surface area contributed by atoms with Crippen LogP contribution < -0.4 is 0 Å². The molecule has 1 aromatic carbocycles. The zero-order valence-electron chi connectivity index (χ0n) is 23.2. The maximum Gasteiger partial charge on any atom is 0.312 e. The summed E-state index contributed by atoms with van der Waals surface area (Å²) in [5, 5.41) is 10.4. The fourth-order valence-corrected chi connectivity index (χ4v) is 6.64. The molecule has 6 atom stereocenters. The number of esters is 1. The van der Waals surface area contributed by atoms with Crippen LogP contribution in [-0.4, -0.2) is 76.2 Å². The number of amides is 2. The molecule has 1 spiro atoms. The van der Waals surface area contributed by atoms with Gasteiger partial charge in [-0.2, -0.15) is 0 Å². The van der Waals surface area contributed by atoms with Crippen LogP contribution in [0.15, 0.2) is 55.6 Å². The first-order valence-electron chi connectivity index (χ1n) is 14.1. The fraction of sp³-hybridized carbons (Fsp3) is 0.581. The zero-order valence-corrected chi connectivity index (χ0v) is 23.2. The van der Waals surface area contributed by atoms with E-state index in [4.69, 9.17) is 9.47 Å². The van der Waals surface area contributed by atoms with E-state index in [1.54, 1.807) is 11.0 Å². The Bertz CT molecular complexity index is 1060. The molecule has 0 saturated carbocycles. The van der Waals surface area contributed by atoms with Gasteiger partial charge in [0, 0.05) is 13.1 Å². The summed E-state index contributed by atoms with van der Waals surface area (Å²) in [4.78, 5) is 45.1. The minimum absolute atomic E-state index is 0.112. The van der Waals surface area contributed by atoms with Crippen molar-refractivity contribution in [2.45, 2.75) is 76.3 Å².